The molecule has 0 spiro atoms. The summed E-state index contributed by atoms with van der Waals surface area (Å²) in [5.74, 6) is 0.501. The number of hydrogen-bond acceptors (Lipinski definition) is 2. The van der Waals surface area contributed by atoms with E-state index < -0.39 is 0 Å². The predicted molar refractivity (Wildman–Crippen MR) is 56.6 cm³/mol. The summed E-state index contributed by atoms with van der Waals surface area (Å²) >= 11 is 7.19. The van der Waals surface area contributed by atoms with Gasteiger partial charge in [0.1, 0.15) is 0 Å². The van der Waals surface area contributed by atoms with Crippen LogP contribution in [0, 0.1) is 0 Å². The number of alkyl halides is 1. The highest BCUT2D eigenvalue weighted by atomic mass is 35.5. The average molecular weight is 218 g/mol. The molecular formula is C9H12ClNOS. The van der Waals surface area contributed by atoms with E-state index in [9.17, 15) is 4.79 Å². The van der Waals surface area contributed by atoms with Crippen molar-refractivity contribution < 1.29 is 4.79 Å². The van der Waals surface area contributed by atoms with E-state index >= 15 is 0 Å². The van der Waals surface area contributed by atoms with E-state index in [1.807, 2.05) is 23.8 Å². The lowest BCUT2D eigenvalue weighted by molar-refractivity contribution is 0.0757. The van der Waals surface area contributed by atoms with Crippen molar-refractivity contribution in [3.63, 3.8) is 0 Å². The molecule has 1 aromatic heterocycles. The molecule has 1 aromatic rings. The van der Waals surface area contributed by atoms with E-state index in [0.717, 1.165) is 5.56 Å². The average Bonchev–Trinajstić information content (AvgIpc) is 2.67. The van der Waals surface area contributed by atoms with Crippen molar-refractivity contribution in [2.75, 3.05) is 12.9 Å². The van der Waals surface area contributed by atoms with Gasteiger partial charge in [-0.05, 0) is 18.4 Å². The smallest absolute Gasteiger partial charge is 0.254 e. The highest BCUT2D eigenvalue weighted by Gasteiger charge is 2.16. The van der Waals surface area contributed by atoms with Gasteiger partial charge in [0, 0.05) is 24.3 Å². The Morgan fingerprint density at radius 2 is 2.46 bits per heavy atom. The Bertz CT molecular complexity index is 273. The van der Waals surface area contributed by atoms with Crippen LogP contribution in [-0.2, 0) is 0 Å². The maximum Gasteiger partial charge on any atom is 0.254 e. The quantitative estimate of drug-likeness (QED) is 0.713. The molecule has 2 nitrogen and oxygen atoms in total. The minimum Gasteiger partial charge on any atom is -0.338 e. The van der Waals surface area contributed by atoms with Gasteiger partial charge in [0.05, 0.1) is 5.56 Å². The van der Waals surface area contributed by atoms with Gasteiger partial charge in [-0.15, -0.1) is 11.6 Å². The molecule has 0 saturated carbocycles. The van der Waals surface area contributed by atoms with E-state index in [2.05, 4.69) is 0 Å². The van der Waals surface area contributed by atoms with E-state index in [1.54, 1.807) is 11.9 Å². The number of rotatable bonds is 3. The molecule has 0 aliphatic carbocycles. The van der Waals surface area contributed by atoms with E-state index in [-0.39, 0.29) is 11.9 Å². The third kappa shape index (κ3) is 2.45. The van der Waals surface area contributed by atoms with Crippen LogP contribution in [0.3, 0.4) is 0 Å². The molecule has 0 aliphatic heterocycles. The van der Waals surface area contributed by atoms with E-state index in [4.69, 9.17) is 11.6 Å². The zero-order valence-corrected chi connectivity index (χ0v) is 9.23. The monoisotopic (exact) mass is 217 g/mol. The van der Waals surface area contributed by atoms with Gasteiger partial charge in [-0.1, -0.05) is 0 Å². The summed E-state index contributed by atoms with van der Waals surface area (Å²) in [6, 6.07) is 1.90. The lowest BCUT2D eigenvalue weighted by Gasteiger charge is -2.22. The number of halogens is 1. The lowest BCUT2D eigenvalue weighted by Crippen LogP contribution is -2.35. The van der Waals surface area contributed by atoms with Crippen molar-refractivity contribution in [3.8, 4) is 0 Å². The molecule has 1 amide bonds. The maximum atomic E-state index is 11.7. The number of hydrogen-bond donors (Lipinski definition) is 0. The van der Waals surface area contributed by atoms with Crippen molar-refractivity contribution in [3.05, 3.63) is 22.4 Å². The molecular weight excluding hydrogens is 206 g/mol. The summed E-state index contributed by atoms with van der Waals surface area (Å²) in [5, 5.41) is 3.74. The van der Waals surface area contributed by atoms with Gasteiger partial charge >= 0.3 is 0 Å². The molecule has 72 valence electrons. The second kappa shape index (κ2) is 4.63. The maximum absolute atomic E-state index is 11.7. The normalized spacial score (nSPS) is 12.5. The molecule has 1 atom stereocenters. The Labute approximate surface area is 87.1 Å². The standard InChI is InChI=1S/C9H12ClNOS/c1-7(5-10)11(2)9(12)8-3-4-13-6-8/h3-4,6-7H,5H2,1-2H3. The summed E-state index contributed by atoms with van der Waals surface area (Å²) in [6.07, 6.45) is 0. The lowest BCUT2D eigenvalue weighted by atomic mass is 10.2. The number of amides is 1. The van der Waals surface area contributed by atoms with Gasteiger partial charge in [0.2, 0.25) is 0 Å². The Morgan fingerprint density at radius 1 is 1.77 bits per heavy atom. The summed E-state index contributed by atoms with van der Waals surface area (Å²) < 4.78 is 0. The molecule has 0 saturated heterocycles. The fourth-order valence-electron chi connectivity index (χ4n) is 0.893. The third-order valence-electron chi connectivity index (χ3n) is 1.97. The van der Waals surface area contributed by atoms with Gasteiger partial charge in [0.25, 0.3) is 5.91 Å². The van der Waals surface area contributed by atoms with Crippen LogP contribution in [0.5, 0.6) is 0 Å². The topological polar surface area (TPSA) is 20.3 Å². The van der Waals surface area contributed by atoms with Crippen molar-refractivity contribution in [2.24, 2.45) is 0 Å². The zero-order valence-electron chi connectivity index (χ0n) is 7.66. The molecule has 1 heterocycles. The highest BCUT2D eigenvalue weighted by molar-refractivity contribution is 7.08. The molecule has 0 fully saturated rings. The molecule has 0 bridgehead atoms. The molecule has 4 heteroatoms. The molecule has 1 unspecified atom stereocenters. The first-order valence-corrected chi connectivity index (χ1v) is 5.50. The van der Waals surface area contributed by atoms with Crippen molar-refractivity contribution in [2.45, 2.75) is 13.0 Å². The molecule has 1 rings (SSSR count). The van der Waals surface area contributed by atoms with Crippen LogP contribution in [0.4, 0.5) is 0 Å². The first-order chi connectivity index (χ1) is 6.16. The molecule has 13 heavy (non-hydrogen) atoms. The van der Waals surface area contributed by atoms with Crippen molar-refractivity contribution >= 4 is 28.8 Å². The zero-order chi connectivity index (χ0) is 9.84. The Hall–Kier alpha value is -0.540. The number of thiophene rings is 1. The number of nitrogens with zero attached hydrogens (tertiary/aromatic N) is 1. The van der Waals surface area contributed by atoms with Crippen molar-refractivity contribution in [1.29, 1.82) is 0 Å². The van der Waals surface area contributed by atoms with Gasteiger partial charge < -0.3 is 4.90 Å². The van der Waals surface area contributed by atoms with Crippen LogP contribution in [0.2, 0.25) is 0 Å². The molecule has 0 N–H and O–H groups in total. The summed E-state index contributed by atoms with van der Waals surface area (Å²) in [5.41, 5.74) is 0.740. The van der Waals surface area contributed by atoms with Crippen LogP contribution in [-0.4, -0.2) is 29.8 Å². The highest BCUT2D eigenvalue weighted by Crippen LogP contribution is 2.10. The van der Waals surface area contributed by atoms with Crippen LogP contribution in [0.1, 0.15) is 17.3 Å². The SMILES string of the molecule is CC(CCl)N(C)C(=O)c1ccsc1. The summed E-state index contributed by atoms with van der Waals surface area (Å²) in [7, 11) is 1.77. The van der Waals surface area contributed by atoms with Gasteiger partial charge in [-0.2, -0.15) is 11.3 Å². The van der Waals surface area contributed by atoms with Crippen LogP contribution < -0.4 is 0 Å². The van der Waals surface area contributed by atoms with Gasteiger partial charge in [0.15, 0.2) is 0 Å². The fourth-order valence-corrected chi connectivity index (χ4v) is 1.73. The van der Waals surface area contributed by atoms with E-state index in [1.165, 1.54) is 11.3 Å². The second-order valence-corrected chi connectivity index (χ2v) is 4.02. The predicted octanol–water partition coefficient (Wildman–Crippen LogP) is 2.45. The molecule has 0 aromatic carbocycles. The van der Waals surface area contributed by atoms with Crippen LogP contribution in [0.15, 0.2) is 16.8 Å². The van der Waals surface area contributed by atoms with Gasteiger partial charge in [-0.25, -0.2) is 0 Å². The summed E-state index contributed by atoms with van der Waals surface area (Å²) in [6.45, 7) is 1.93. The Morgan fingerprint density at radius 3 is 2.92 bits per heavy atom. The minimum atomic E-state index is 0.0365. The van der Waals surface area contributed by atoms with Crippen LogP contribution >= 0.6 is 22.9 Å². The number of carbonyl (C=O) groups excluding carboxylic acids is 1. The van der Waals surface area contributed by atoms with E-state index in [0.29, 0.717) is 5.88 Å². The fraction of sp³-hybridized carbons (Fsp3) is 0.444. The first kappa shape index (κ1) is 10.5. The Kier molecular flexibility index (Phi) is 3.75. The molecule has 0 radical (unpaired) electrons. The van der Waals surface area contributed by atoms with Gasteiger partial charge in [-0.3, -0.25) is 4.79 Å². The Balaban J connectivity index is 2.68. The minimum absolute atomic E-state index is 0.0365. The largest absolute Gasteiger partial charge is 0.338 e. The van der Waals surface area contributed by atoms with Crippen LogP contribution in [0.25, 0.3) is 0 Å². The second-order valence-electron chi connectivity index (χ2n) is 2.93. The number of carbonyl (C=O) groups is 1. The first-order valence-electron chi connectivity index (χ1n) is 4.02. The summed E-state index contributed by atoms with van der Waals surface area (Å²) in [4.78, 5) is 13.3. The third-order valence-corrected chi connectivity index (χ3v) is 3.10. The molecule has 0 aliphatic rings. The van der Waals surface area contributed by atoms with Crippen molar-refractivity contribution in [1.82, 2.24) is 4.90 Å².